The Hall–Kier alpha value is -1.95. The molecule has 3 atom stereocenters. The number of benzene rings is 1. The molecule has 0 aromatic heterocycles. The largest absolute Gasteiger partial charge is 0.411 e. The smallest absolute Gasteiger partial charge is 0.107 e. The van der Waals surface area contributed by atoms with Crippen molar-refractivity contribution in [3.63, 3.8) is 0 Å². The van der Waals surface area contributed by atoms with Crippen molar-refractivity contribution < 1.29 is 19.4 Å². The Balaban J connectivity index is 1.63. The number of hydrogen-bond donors (Lipinski definition) is 1. The van der Waals surface area contributed by atoms with E-state index in [1.165, 1.54) is 11.8 Å². The molecule has 3 rings (SSSR count). The van der Waals surface area contributed by atoms with Crippen molar-refractivity contribution in [2.75, 3.05) is 26.4 Å². The predicted molar refractivity (Wildman–Crippen MR) is 96.1 cm³/mol. The summed E-state index contributed by atoms with van der Waals surface area (Å²) in [5, 5.41) is 11.6. The van der Waals surface area contributed by atoms with E-state index in [0.717, 1.165) is 30.8 Å². The van der Waals surface area contributed by atoms with Gasteiger partial charge in [0.05, 0.1) is 26.0 Å². The van der Waals surface area contributed by atoms with Gasteiger partial charge in [0, 0.05) is 12.5 Å². The second kappa shape index (κ2) is 8.94. The van der Waals surface area contributed by atoms with Crippen LogP contribution >= 0.6 is 0 Å². The van der Waals surface area contributed by atoms with E-state index in [1.807, 2.05) is 31.2 Å². The average molecular weight is 343 g/mol. The number of hydrogen-bond acceptors (Lipinski definition) is 5. The zero-order chi connectivity index (χ0) is 17.5. The third-order valence-electron chi connectivity index (χ3n) is 4.52. The third-order valence-corrected chi connectivity index (χ3v) is 4.52. The van der Waals surface area contributed by atoms with E-state index >= 15 is 0 Å². The SMILES string of the molecule is CCOCC1C=CC=C(C2COCC(c3ccc(C=NO)cc3)O2)C1. The molecule has 0 amide bonds. The van der Waals surface area contributed by atoms with Gasteiger partial charge in [-0.3, -0.25) is 0 Å². The van der Waals surface area contributed by atoms with Crippen LogP contribution in [0.2, 0.25) is 0 Å². The van der Waals surface area contributed by atoms with E-state index in [-0.39, 0.29) is 12.2 Å². The van der Waals surface area contributed by atoms with Gasteiger partial charge in [0.25, 0.3) is 0 Å². The average Bonchev–Trinajstić information content (AvgIpc) is 2.67. The molecule has 2 aliphatic rings. The number of allylic oxidation sites excluding steroid dienone is 2. The zero-order valence-corrected chi connectivity index (χ0v) is 14.5. The van der Waals surface area contributed by atoms with Gasteiger partial charge >= 0.3 is 0 Å². The van der Waals surface area contributed by atoms with E-state index in [4.69, 9.17) is 19.4 Å². The van der Waals surface area contributed by atoms with Crippen LogP contribution in [0.25, 0.3) is 0 Å². The number of rotatable bonds is 6. The van der Waals surface area contributed by atoms with Gasteiger partial charge in [-0.05, 0) is 30.0 Å². The molecule has 1 aromatic carbocycles. The summed E-state index contributed by atoms with van der Waals surface area (Å²) in [5.74, 6) is 0.404. The second-order valence-electron chi connectivity index (χ2n) is 6.31. The van der Waals surface area contributed by atoms with Gasteiger partial charge in [0.15, 0.2) is 0 Å². The van der Waals surface area contributed by atoms with Crippen molar-refractivity contribution in [3.8, 4) is 0 Å². The molecule has 1 fully saturated rings. The van der Waals surface area contributed by atoms with Crippen LogP contribution in [-0.2, 0) is 14.2 Å². The standard InChI is InChI=1S/C20H25NO4/c1-2-23-12-16-4-3-5-18(10-16)20-14-24-13-19(25-20)17-8-6-15(7-9-17)11-21-22/h3-9,11,16,19-20,22H,2,10,12-14H2,1H3. The summed E-state index contributed by atoms with van der Waals surface area (Å²) in [6.45, 7) is 4.65. The summed E-state index contributed by atoms with van der Waals surface area (Å²) in [4.78, 5) is 0. The molecule has 0 bridgehead atoms. The Bertz CT molecular complexity index is 636. The molecule has 1 aliphatic carbocycles. The summed E-state index contributed by atoms with van der Waals surface area (Å²) in [6.07, 6.45) is 8.67. The minimum Gasteiger partial charge on any atom is -0.411 e. The Morgan fingerprint density at radius 3 is 2.80 bits per heavy atom. The van der Waals surface area contributed by atoms with Gasteiger partial charge in [-0.25, -0.2) is 0 Å². The Labute approximate surface area is 148 Å². The van der Waals surface area contributed by atoms with E-state index in [0.29, 0.717) is 19.1 Å². The van der Waals surface area contributed by atoms with Crippen molar-refractivity contribution >= 4 is 6.21 Å². The quantitative estimate of drug-likeness (QED) is 0.488. The van der Waals surface area contributed by atoms with Crippen LogP contribution in [0.5, 0.6) is 0 Å². The lowest BCUT2D eigenvalue weighted by Crippen LogP contribution is -2.34. The molecule has 1 aliphatic heterocycles. The van der Waals surface area contributed by atoms with Gasteiger partial charge in [0.2, 0.25) is 0 Å². The van der Waals surface area contributed by atoms with E-state index in [2.05, 4.69) is 23.4 Å². The molecule has 0 radical (unpaired) electrons. The summed E-state index contributed by atoms with van der Waals surface area (Å²) < 4.78 is 17.7. The first-order chi connectivity index (χ1) is 12.3. The number of nitrogens with zero attached hydrogens (tertiary/aromatic N) is 1. The second-order valence-corrected chi connectivity index (χ2v) is 6.31. The maximum atomic E-state index is 8.60. The molecule has 0 spiro atoms. The highest BCUT2D eigenvalue weighted by Crippen LogP contribution is 2.31. The van der Waals surface area contributed by atoms with Crippen LogP contribution in [0.4, 0.5) is 0 Å². The molecular formula is C20H25NO4. The van der Waals surface area contributed by atoms with Crippen molar-refractivity contribution in [1.82, 2.24) is 0 Å². The monoisotopic (exact) mass is 343 g/mol. The molecule has 1 N–H and O–H groups in total. The summed E-state index contributed by atoms with van der Waals surface area (Å²) in [5.41, 5.74) is 3.18. The van der Waals surface area contributed by atoms with Crippen LogP contribution < -0.4 is 0 Å². The van der Waals surface area contributed by atoms with Crippen LogP contribution in [-0.4, -0.2) is 44.0 Å². The highest BCUT2D eigenvalue weighted by atomic mass is 16.6. The van der Waals surface area contributed by atoms with Crippen molar-refractivity contribution in [2.24, 2.45) is 11.1 Å². The van der Waals surface area contributed by atoms with Gasteiger partial charge < -0.3 is 19.4 Å². The Morgan fingerprint density at radius 1 is 1.24 bits per heavy atom. The van der Waals surface area contributed by atoms with E-state index in [9.17, 15) is 0 Å². The molecule has 25 heavy (non-hydrogen) atoms. The lowest BCUT2D eigenvalue weighted by atomic mass is 9.91. The molecular weight excluding hydrogens is 318 g/mol. The van der Waals surface area contributed by atoms with E-state index in [1.54, 1.807) is 0 Å². The molecule has 1 saturated heterocycles. The molecule has 0 saturated carbocycles. The maximum Gasteiger partial charge on any atom is 0.107 e. The molecule has 1 heterocycles. The minimum atomic E-state index is -0.0870. The first-order valence-electron chi connectivity index (χ1n) is 8.75. The predicted octanol–water partition coefficient (Wildman–Crippen LogP) is 3.49. The highest BCUT2D eigenvalue weighted by molar-refractivity contribution is 5.78. The fourth-order valence-electron chi connectivity index (χ4n) is 3.19. The normalized spacial score (nSPS) is 26.8. The molecule has 5 heteroatoms. The highest BCUT2D eigenvalue weighted by Gasteiger charge is 2.28. The molecule has 3 unspecified atom stereocenters. The summed E-state index contributed by atoms with van der Waals surface area (Å²) >= 11 is 0. The van der Waals surface area contributed by atoms with Gasteiger partial charge in [0.1, 0.15) is 12.2 Å². The van der Waals surface area contributed by atoms with Crippen LogP contribution in [0, 0.1) is 5.92 Å². The summed E-state index contributed by atoms with van der Waals surface area (Å²) in [7, 11) is 0. The molecule has 1 aromatic rings. The zero-order valence-electron chi connectivity index (χ0n) is 14.5. The van der Waals surface area contributed by atoms with Gasteiger partial charge in [-0.15, -0.1) is 0 Å². The van der Waals surface area contributed by atoms with Crippen molar-refractivity contribution in [1.29, 1.82) is 0 Å². The lowest BCUT2D eigenvalue weighted by Gasteiger charge is -2.33. The molecule has 134 valence electrons. The van der Waals surface area contributed by atoms with Gasteiger partial charge in [-0.2, -0.15) is 0 Å². The first-order valence-corrected chi connectivity index (χ1v) is 8.75. The fourth-order valence-corrected chi connectivity index (χ4v) is 3.19. The molecule has 5 nitrogen and oxygen atoms in total. The Kier molecular flexibility index (Phi) is 6.39. The topological polar surface area (TPSA) is 60.3 Å². The van der Waals surface area contributed by atoms with Crippen LogP contribution in [0.3, 0.4) is 0 Å². The van der Waals surface area contributed by atoms with E-state index < -0.39 is 0 Å². The Morgan fingerprint density at radius 2 is 2.04 bits per heavy atom. The number of ether oxygens (including phenoxy) is 3. The minimum absolute atomic E-state index is 0.0218. The fraction of sp³-hybridized carbons (Fsp3) is 0.450. The maximum absolute atomic E-state index is 8.60. The van der Waals surface area contributed by atoms with Crippen molar-refractivity contribution in [3.05, 3.63) is 59.2 Å². The first kappa shape index (κ1) is 17.9. The number of oxime groups is 1. The third kappa shape index (κ3) is 4.78. The van der Waals surface area contributed by atoms with Gasteiger partial charge in [-0.1, -0.05) is 47.6 Å². The van der Waals surface area contributed by atoms with Crippen LogP contribution in [0.15, 0.2) is 53.2 Å². The lowest BCUT2D eigenvalue weighted by molar-refractivity contribution is -0.127. The van der Waals surface area contributed by atoms with Crippen molar-refractivity contribution in [2.45, 2.75) is 25.6 Å². The summed E-state index contributed by atoms with van der Waals surface area (Å²) in [6, 6.07) is 7.78. The van der Waals surface area contributed by atoms with Crippen LogP contribution in [0.1, 0.15) is 30.6 Å².